The van der Waals surface area contributed by atoms with Crippen LogP contribution < -0.4 is 0 Å². The van der Waals surface area contributed by atoms with Crippen LogP contribution in [-0.4, -0.2) is 40.4 Å². The molecule has 0 aromatic rings. The van der Waals surface area contributed by atoms with Crippen molar-refractivity contribution < 1.29 is 32.5 Å². The Kier molecular flexibility index (Phi) is 3.57. The van der Waals surface area contributed by atoms with Crippen LogP contribution in [0.1, 0.15) is 13.3 Å². The summed E-state index contributed by atoms with van der Waals surface area (Å²) in [7, 11) is -4.63. The minimum atomic E-state index is -4.63. The zero-order chi connectivity index (χ0) is 9.99. The lowest BCUT2D eigenvalue weighted by atomic mass is 10.2. The molecule has 8 heteroatoms. The standard InChI is InChI=1S/C4H10O7S/c1-3(2-4(5,6)7)11-12(8,9)10/h3,5-7H,2H2,1H3,(H,8,9,10). The first-order valence-electron chi connectivity index (χ1n) is 2.93. The molecule has 0 radical (unpaired) electrons. The van der Waals surface area contributed by atoms with Crippen LogP contribution in [0.15, 0.2) is 0 Å². The Morgan fingerprint density at radius 1 is 1.42 bits per heavy atom. The zero-order valence-electron chi connectivity index (χ0n) is 6.21. The normalized spacial score (nSPS) is 16.1. The number of hydrogen-bond acceptors (Lipinski definition) is 6. The first-order chi connectivity index (χ1) is 5.10. The van der Waals surface area contributed by atoms with Gasteiger partial charge >= 0.3 is 10.4 Å². The van der Waals surface area contributed by atoms with Gasteiger partial charge in [-0.1, -0.05) is 0 Å². The predicted molar refractivity (Wildman–Crippen MR) is 36.1 cm³/mol. The smallest absolute Gasteiger partial charge is 0.344 e. The highest BCUT2D eigenvalue weighted by Gasteiger charge is 2.25. The molecular weight excluding hydrogens is 192 g/mol. The van der Waals surface area contributed by atoms with Crippen molar-refractivity contribution in [2.45, 2.75) is 25.4 Å². The largest absolute Gasteiger partial charge is 0.397 e. The van der Waals surface area contributed by atoms with Gasteiger partial charge in [0.25, 0.3) is 5.97 Å². The average Bonchev–Trinajstić information content (AvgIpc) is 1.49. The summed E-state index contributed by atoms with van der Waals surface area (Å²) in [5, 5.41) is 25.0. The molecule has 0 saturated carbocycles. The summed E-state index contributed by atoms with van der Waals surface area (Å²) in [4.78, 5) is 0. The quantitative estimate of drug-likeness (QED) is 0.313. The second-order valence-corrected chi connectivity index (χ2v) is 3.36. The van der Waals surface area contributed by atoms with Crippen molar-refractivity contribution >= 4 is 10.4 Å². The maximum Gasteiger partial charge on any atom is 0.397 e. The lowest BCUT2D eigenvalue weighted by Crippen LogP contribution is -2.33. The van der Waals surface area contributed by atoms with Gasteiger partial charge in [-0.15, -0.1) is 0 Å². The van der Waals surface area contributed by atoms with Gasteiger partial charge in [-0.05, 0) is 6.92 Å². The molecule has 0 rings (SSSR count). The second kappa shape index (κ2) is 3.64. The van der Waals surface area contributed by atoms with Crippen molar-refractivity contribution in [3.63, 3.8) is 0 Å². The molecule has 1 atom stereocenters. The van der Waals surface area contributed by atoms with Crippen molar-refractivity contribution in [2.75, 3.05) is 0 Å². The highest BCUT2D eigenvalue weighted by atomic mass is 32.3. The Hall–Kier alpha value is -0.250. The van der Waals surface area contributed by atoms with Crippen molar-refractivity contribution in [1.82, 2.24) is 0 Å². The van der Waals surface area contributed by atoms with E-state index < -0.39 is 28.9 Å². The van der Waals surface area contributed by atoms with Crippen LogP contribution in [-0.2, 0) is 14.6 Å². The molecule has 0 heterocycles. The van der Waals surface area contributed by atoms with Crippen molar-refractivity contribution in [3.05, 3.63) is 0 Å². The summed E-state index contributed by atoms with van der Waals surface area (Å²) in [5.74, 6) is -3.01. The Morgan fingerprint density at radius 3 is 2.08 bits per heavy atom. The van der Waals surface area contributed by atoms with Gasteiger partial charge in [-0.25, -0.2) is 4.18 Å². The third kappa shape index (κ3) is 7.85. The summed E-state index contributed by atoms with van der Waals surface area (Å²) < 4.78 is 32.0. The van der Waals surface area contributed by atoms with E-state index in [0.29, 0.717) is 0 Å². The van der Waals surface area contributed by atoms with Crippen LogP contribution in [0.3, 0.4) is 0 Å². The van der Waals surface area contributed by atoms with Crippen LogP contribution in [0.5, 0.6) is 0 Å². The van der Waals surface area contributed by atoms with Crippen LogP contribution in [0.2, 0.25) is 0 Å². The Labute approximate surface area is 69.2 Å². The molecule has 0 aliphatic rings. The Balaban J connectivity index is 4.00. The average molecular weight is 202 g/mol. The molecule has 0 aliphatic carbocycles. The molecule has 7 nitrogen and oxygen atoms in total. The van der Waals surface area contributed by atoms with Crippen LogP contribution in [0, 0.1) is 0 Å². The van der Waals surface area contributed by atoms with Gasteiger partial charge in [0, 0.05) is 0 Å². The van der Waals surface area contributed by atoms with E-state index in [0.717, 1.165) is 6.92 Å². The molecule has 0 aromatic heterocycles. The van der Waals surface area contributed by atoms with Gasteiger partial charge in [0.15, 0.2) is 0 Å². The van der Waals surface area contributed by atoms with E-state index in [2.05, 4.69) is 4.18 Å². The Bertz CT molecular complexity index is 224. The number of rotatable bonds is 4. The van der Waals surface area contributed by atoms with Gasteiger partial charge in [0.1, 0.15) is 0 Å². The highest BCUT2D eigenvalue weighted by Crippen LogP contribution is 2.09. The summed E-state index contributed by atoms with van der Waals surface area (Å²) in [5.41, 5.74) is 0. The molecule has 0 aromatic carbocycles. The second-order valence-electron chi connectivity index (χ2n) is 2.31. The fourth-order valence-corrected chi connectivity index (χ4v) is 1.11. The van der Waals surface area contributed by atoms with Crippen molar-refractivity contribution in [2.24, 2.45) is 0 Å². The molecule has 0 fully saturated rings. The van der Waals surface area contributed by atoms with E-state index in [1.165, 1.54) is 0 Å². The lowest BCUT2D eigenvalue weighted by Gasteiger charge is -2.17. The molecule has 0 bridgehead atoms. The van der Waals surface area contributed by atoms with E-state index in [-0.39, 0.29) is 0 Å². The first kappa shape index (κ1) is 11.8. The Morgan fingerprint density at radius 2 is 1.83 bits per heavy atom. The van der Waals surface area contributed by atoms with E-state index >= 15 is 0 Å². The molecule has 0 aliphatic heterocycles. The maximum absolute atomic E-state index is 10.0. The van der Waals surface area contributed by atoms with Crippen molar-refractivity contribution in [3.8, 4) is 0 Å². The third-order valence-electron chi connectivity index (χ3n) is 0.847. The fourth-order valence-electron chi connectivity index (χ4n) is 0.627. The monoisotopic (exact) mass is 202 g/mol. The summed E-state index contributed by atoms with van der Waals surface area (Å²) >= 11 is 0. The molecular formula is C4H10O7S. The number of aliphatic hydroxyl groups is 3. The summed E-state index contributed by atoms with van der Waals surface area (Å²) in [6.07, 6.45) is -1.99. The topological polar surface area (TPSA) is 124 Å². The van der Waals surface area contributed by atoms with E-state index in [1.54, 1.807) is 0 Å². The minimum absolute atomic E-state index is 0.757. The molecule has 74 valence electrons. The van der Waals surface area contributed by atoms with E-state index in [4.69, 9.17) is 19.9 Å². The molecule has 0 spiro atoms. The molecule has 0 amide bonds. The molecule has 1 unspecified atom stereocenters. The summed E-state index contributed by atoms with van der Waals surface area (Å²) in [6, 6.07) is 0. The summed E-state index contributed by atoms with van der Waals surface area (Å²) in [6.45, 7) is 1.13. The van der Waals surface area contributed by atoms with Crippen molar-refractivity contribution in [1.29, 1.82) is 0 Å². The van der Waals surface area contributed by atoms with Crippen LogP contribution >= 0.6 is 0 Å². The van der Waals surface area contributed by atoms with Crippen LogP contribution in [0.4, 0.5) is 0 Å². The first-order valence-corrected chi connectivity index (χ1v) is 4.29. The highest BCUT2D eigenvalue weighted by molar-refractivity contribution is 7.80. The fraction of sp³-hybridized carbons (Fsp3) is 1.00. The molecule has 12 heavy (non-hydrogen) atoms. The zero-order valence-corrected chi connectivity index (χ0v) is 7.02. The van der Waals surface area contributed by atoms with Gasteiger partial charge in [-0.3, -0.25) is 4.55 Å². The maximum atomic E-state index is 10.0. The van der Waals surface area contributed by atoms with Gasteiger partial charge in [-0.2, -0.15) is 8.42 Å². The molecule has 4 N–H and O–H groups in total. The lowest BCUT2D eigenvalue weighted by molar-refractivity contribution is -0.320. The predicted octanol–water partition coefficient (Wildman–Crippen LogP) is -1.78. The molecule has 0 saturated heterocycles. The van der Waals surface area contributed by atoms with E-state index in [9.17, 15) is 8.42 Å². The van der Waals surface area contributed by atoms with Gasteiger partial charge in [0.2, 0.25) is 0 Å². The van der Waals surface area contributed by atoms with Gasteiger partial charge in [0.05, 0.1) is 12.5 Å². The SMILES string of the molecule is CC(CC(O)(O)O)OS(=O)(=O)O. The van der Waals surface area contributed by atoms with E-state index in [1.807, 2.05) is 0 Å². The van der Waals surface area contributed by atoms with Gasteiger partial charge < -0.3 is 15.3 Å². The number of hydrogen-bond donors (Lipinski definition) is 4. The van der Waals surface area contributed by atoms with Crippen LogP contribution in [0.25, 0.3) is 0 Å². The minimum Gasteiger partial charge on any atom is -0.344 e. The third-order valence-corrected chi connectivity index (χ3v) is 1.42.